The maximum atomic E-state index is 13.3. The molecule has 1 nitrogen and oxygen atoms in total. The molecular formula is C11H8F4O. The van der Waals surface area contributed by atoms with Gasteiger partial charge in [-0.15, -0.1) is 0 Å². The van der Waals surface area contributed by atoms with Crippen molar-refractivity contribution >= 4 is 5.78 Å². The predicted octanol–water partition coefficient (Wildman–Crippen LogP) is 3.29. The maximum absolute atomic E-state index is 13.3. The van der Waals surface area contributed by atoms with E-state index in [1.54, 1.807) is 0 Å². The van der Waals surface area contributed by atoms with Crippen LogP contribution in [0.25, 0.3) is 0 Å². The van der Waals surface area contributed by atoms with Crippen molar-refractivity contribution < 1.29 is 22.4 Å². The van der Waals surface area contributed by atoms with Gasteiger partial charge in [-0.25, -0.2) is 4.39 Å². The predicted molar refractivity (Wildman–Crippen MR) is 48.4 cm³/mol. The molecular weight excluding hydrogens is 224 g/mol. The highest BCUT2D eigenvalue weighted by Crippen LogP contribution is 2.37. The van der Waals surface area contributed by atoms with E-state index in [4.69, 9.17) is 0 Å². The van der Waals surface area contributed by atoms with Gasteiger partial charge in [-0.05, 0) is 30.2 Å². The second-order valence-electron chi connectivity index (χ2n) is 3.79. The second kappa shape index (κ2) is 3.57. The third-order valence-corrected chi connectivity index (χ3v) is 2.77. The largest absolute Gasteiger partial charge is 0.416 e. The van der Waals surface area contributed by atoms with Crippen molar-refractivity contribution in [3.05, 3.63) is 35.1 Å². The van der Waals surface area contributed by atoms with E-state index in [1.807, 2.05) is 0 Å². The third kappa shape index (κ3) is 1.81. The Morgan fingerprint density at radius 2 is 1.94 bits per heavy atom. The van der Waals surface area contributed by atoms with E-state index in [9.17, 15) is 22.4 Å². The van der Waals surface area contributed by atoms with Crippen molar-refractivity contribution in [3.63, 3.8) is 0 Å². The van der Waals surface area contributed by atoms with Gasteiger partial charge in [-0.3, -0.25) is 4.79 Å². The zero-order valence-corrected chi connectivity index (χ0v) is 8.14. The lowest BCUT2D eigenvalue weighted by molar-refractivity contribution is -0.138. The fraction of sp³-hybridized carbons (Fsp3) is 0.364. The summed E-state index contributed by atoms with van der Waals surface area (Å²) in [5, 5.41) is 0. The Labute approximate surface area is 89.1 Å². The van der Waals surface area contributed by atoms with Gasteiger partial charge in [0.1, 0.15) is 11.6 Å². The minimum Gasteiger partial charge on any atom is -0.299 e. The maximum Gasteiger partial charge on any atom is 0.416 e. The van der Waals surface area contributed by atoms with E-state index in [2.05, 4.69) is 0 Å². The van der Waals surface area contributed by atoms with Gasteiger partial charge < -0.3 is 0 Å². The molecule has 16 heavy (non-hydrogen) atoms. The minimum atomic E-state index is -4.50. The molecule has 1 saturated carbocycles. The molecule has 0 radical (unpaired) electrons. The summed E-state index contributed by atoms with van der Waals surface area (Å²) >= 11 is 0. The zero-order valence-electron chi connectivity index (χ0n) is 8.14. The van der Waals surface area contributed by atoms with Gasteiger partial charge in [-0.1, -0.05) is 0 Å². The molecule has 2 rings (SSSR count). The molecule has 0 heterocycles. The van der Waals surface area contributed by atoms with Crippen LogP contribution in [0.3, 0.4) is 0 Å². The fourth-order valence-corrected chi connectivity index (χ4v) is 1.72. The first-order valence-corrected chi connectivity index (χ1v) is 4.79. The van der Waals surface area contributed by atoms with E-state index >= 15 is 0 Å². The van der Waals surface area contributed by atoms with Gasteiger partial charge >= 0.3 is 6.18 Å². The fourth-order valence-electron chi connectivity index (χ4n) is 1.72. The standard InChI is InChI=1S/C11H8F4O/c12-9-3-1-6(11(13,14)15)5-8(9)7-2-4-10(7)16/h1,3,5,7H,2,4H2. The Balaban J connectivity index is 2.41. The Bertz CT molecular complexity index is 436. The van der Waals surface area contributed by atoms with E-state index in [-0.39, 0.29) is 11.3 Å². The van der Waals surface area contributed by atoms with E-state index in [0.29, 0.717) is 18.9 Å². The van der Waals surface area contributed by atoms with E-state index in [1.165, 1.54) is 0 Å². The number of benzene rings is 1. The summed E-state index contributed by atoms with van der Waals surface area (Å²) in [7, 11) is 0. The molecule has 0 aromatic heterocycles. The van der Waals surface area contributed by atoms with Crippen molar-refractivity contribution in [2.24, 2.45) is 0 Å². The van der Waals surface area contributed by atoms with Crippen LogP contribution in [-0.2, 0) is 11.0 Å². The first kappa shape index (κ1) is 11.1. The minimum absolute atomic E-state index is 0.133. The van der Waals surface area contributed by atoms with Gasteiger partial charge in [0, 0.05) is 12.3 Å². The highest BCUT2D eigenvalue weighted by atomic mass is 19.4. The summed E-state index contributed by atoms with van der Waals surface area (Å²) < 4.78 is 50.4. The first-order valence-electron chi connectivity index (χ1n) is 4.79. The van der Waals surface area contributed by atoms with Crippen molar-refractivity contribution in [3.8, 4) is 0 Å². The molecule has 1 aliphatic carbocycles. The van der Waals surface area contributed by atoms with E-state index in [0.717, 1.165) is 12.1 Å². The third-order valence-electron chi connectivity index (χ3n) is 2.77. The number of carbonyl (C=O) groups is 1. The number of halogens is 4. The SMILES string of the molecule is O=C1CCC1c1cc(C(F)(F)F)ccc1F. The molecule has 1 aromatic rings. The highest BCUT2D eigenvalue weighted by Gasteiger charge is 2.35. The highest BCUT2D eigenvalue weighted by molar-refractivity contribution is 5.91. The van der Waals surface area contributed by atoms with Crippen LogP contribution in [0.4, 0.5) is 17.6 Å². The number of carbonyl (C=O) groups excluding carboxylic acids is 1. The van der Waals surface area contributed by atoms with Crippen LogP contribution in [0.15, 0.2) is 18.2 Å². The Morgan fingerprint density at radius 3 is 2.38 bits per heavy atom. The molecule has 0 aliphatic heterocycles. The van der Waals surface area contributed by atoms with Crippen molar-refractivity contribution in [1.82, 2.24) is 0 Å². The van der Waals surface area contributed by atoms with Crippen LogP contribution in [0, 0.1) is 5.82 Å². The molecule has 0 saturated heterocycles. The Kier molecular flexibility index (Phi) is 2.48. The van der Waals surface area contributed by atoms with Gasteiger partial charge in [0.15, 0.2) is 0 Å². The summed E-state index contributed by atoms with van der Waals surface area (Å²) in [6.07, 6.45) is -3.76. The Hall–Kier alpha value is -1.39. The normalized spacial score (nSPS) is 20.8. The van der Waals surface area contributed by atoms with Crippen molar-refractivity contribution in [2.75, 3.05) is 0 Å². The summed E-state index contributed by atoms with van der Waals surface area (Å²) in [6.45, 7) is 0. The van der Waals surface area contributed by atoms with Gasteiger partial charge in [-0.2, -0.15) is 13.2 Å². The summed E-state index contributed by atoms with van der Waals surface area (Å²) in [6, 6.07) is 2.18. The second-order valence-corrected chi connectivity index (χ2v) is 3.79. The zero-order chi connectivity index (χ0) is 11.9. The molecule has 1 aliphatic rings. The molecule has 0 N–H and O–H groups in total. The number of alkyl halides is 3. The first-order chi connectivity index (χ1) is 7.39. The smallest absolute Gasteiger partial charge is 0.299 e. The Morgan fingerprint density at radius 1 is 1.25 bits per heavy atom. The van der Waals surface area contributed by atoms with Gasteiger partial charge in [0.05, 0.1) is 5.56 Å². The average molecular weight is 232 g/mol. The monoisotopic (exact) mass is 232 g/mol. The summed E-state index contributed by atoms with van der Waals surface area (Å²) in [5.74, 6) is -1.63. The number of ketones is 1. The van der Waals surface area contributed by atoms with Crippen molar-refractivity contribution in [2.45, 2.75) is 24.9 Å². The lowest BCUT2D eigenvalue weighted by Crippen LogP contribution is -2.24. The van der Waals surface area contributed by atoms with Crippen LogP contribution in [0.5, 0.6) is 0 Å². The van der Waals surface area contributed by atoms with Crippen LogP contribution >= 0.6 is 0 Å². The molecule has 1 unspecified atom stereocenters. The lowest BCUT2D eigenvalue weighted by atomic mass is 9.78. The van der Waals surface area contributed by atoms with Gasteiger partial charge in [0.2, 0.25) is 0 Å². The molecule has 1 atom stereocenters. The van der Waals surface area contributed by atoms with Crippen LogP contribution in [0.2, 0.25) is 0 Å². The number of rotatable bonds is 1. The molecule has 1 aromatic carbocycles. The summed E-state index contributed by atoms with van der Waals surface area (Å²) in [5.41, 5.74) is -1.05. The van der Waals surface area contributed by atoms with Crippen LogP contribution in [-0.4, -0.2) is 5.78 Å². The topological polar surface area (TPSA) is 17.1 Å². The number of hydrogen-bond acceptors (Lipinski definition) is 1. The molecule has 1 fully saturated rings. The average Bonchev–Trinajstić information content (AvgIpc) is 2.17. The lowest BCUT2D eigenvalue weighted by Gasteiger charge is -2.25. The quantitative estimate of drug-likeness (QED) is 0.679. The molecule has 0 amide bonds. The number of Topliss-reactive ketones (excluding diaryl/α,β-unsaturated/α-hetero) is 1. The molecule has 86 valence electrons. The van der Waals surface area contributed by atoms with Crippen molar-refractivity contribution in [1.29, 1.82) is 0 Å². The van der Waals surface area contributed by atoms with E-state index < -0.39 is 23.5 Å². The van der Waals surface area contributed by atoms with Crippen LogP contribution in [0.1, 0.15) is 29.9 Å². The molecule has 0 spiro atoms. The summed E-state index contributed by atoms with van der Waals surface area (Å²) in [4.78, 5) is 11.1. The van der Waals surface area contributed by atoms with Crippen LogP contribution < -0.4 is 0 Å². The molecule has 5 heteroatoms. The number of hydrogen-bond donors (Lipinski definition) is 0. The van der Waals surface area contributed by atoms with Gasteiger partial charge in [0.25, 0.3) is 0 Å². The molecule has 0 bridgehead atoms.